The van der Waals surface area contributed by atoms with E-state index in [9.17, 15) is 0 Å². The van der Waals surface area contributed by atoms with Crippen LogP contribution >= 0.6 is 23.5 Å². The smallest absolute Gasteiger partial charge is 0.228 e. The molecule has 3 atom stereocenters. The van der Waals surface area contributed by atoms with Crippen LogP contribution in [0, 0.1) is 0 Å². The molecule has 1 N–H and O–H groups in total. The van der Waals surface area contributed by atoms with Crippen LogP contribution in [0.4, 0.5) is 0 Å². The zero-order valence-electron chi connectivity index (χ0n) is 10.5. The van der Waals surface area contributed by atoms with Gasteiger partial charge in [-0.3, -0.25) is 0 Å². The third-order valence-corrected chi connectivity index (χ3v) is 5.99. The Balaban J connectivity index is 2.01. The first-order chi connectivity index (χ1) is 8.20. The Kier molecular flexibility index (Phi) is 4.76. The number of hydrogen-bond acceptors (Lipinski definition) is 6. The van der Waals surface area contributed by atoms with Gasteiger partial charge in [0, 0.05) is 29.2 Å². The number of likely N-dealkylation sites (N-methyl/N-ethyl adjacent to an activating group) is 1. The fraction of sp³-hybridized carbons (Fsp3) is 0.818. The van der Waals surface area contributed by atoms with Gasteiger partial charge in [0.05, 0.1) is 5.25 Å². The van der Waals surface area contributed by atoms with Gasteiger partial charge in [-0.25, -0.2) is 0 Å². The summed E-state index contributed by atoms with van der Waals surface area (Å²) >= 11 is 3.93. The second-order valence-electron chi connectivity index (χ2n) is 4.31. The lowest BCUT2D eigenvalue weighted by molar-refractivity contribution is 0.360. The maximum atomic E-state index is 5.31. The van der Waals surface area contributed by atoms with Crippen molar-refractivity contribution >= 4 is 23.5 Å². The van der Waals surface area contributed by atoms with Crippen LogP contribution in [0.3, 0.4) is 0 Å². The number of aromatic nitrogens is 2. The highest BCUT2D eigenvalue weighted by atomic mass is 32.2. The van der Waals surface area contributed by atoms with E-state index in [-0.39, 0.29) is 0 Å². The molecule has 0 saturated carbocycles. The van der Waals surface area contributed by atoms with Crippen LogP contribution in [0.5, 0.6) is 0 Å². The first-order valence-corrected chi connectivity index (χ1v) is 8.03. The summed E-state index contributed by atoms with van der Waals surface area (Å²) in [5.41, 5.74) is 0. The predicted octanol–water partition coefficient (Wildman–Crippen LogP) is 2.13. The second-order valence-corrected chi connectivity index (χ2v) is 7.04. The van der Waals surface area contributed by atoms with Crippen molar-refractivity contribution in [2.75, 3.05) is 18.6 Å². The van der Waals surface area contributed by atoms with Crippen molar-refractivity contribution in [2.45, 2.75) is 36.8 Å². The van der Waals surface area contributed by atoms with Gasteiger partial charge in [-0.2, -0.15) is 16.7 Å². The zero-order valence-corrected chi connectivity index (χ0v) is 12.1. The summed E-state index contributed by atoms with van der Waals surface area (Å²) in [4.78, 5) is 4.52. The van der Waals surface area contributed by atoms with E-state index in [4.69, 9.17) is 4.52 Å². The van der Waals surface area contributed by atoms with E-state index in [1.165, 1.54) is 11.5 Å². The summed E-state index contributed by atoms with van der Waals surface area (Å²) in [5.74, 6) is 4.01. The molecule has 1 aliphatic heterocycles. The van der Waals surface area contributed by atoms with Crippen LogP contribution in [0.25, 0.3) is 0 Å². The second kappa shape index (κ2) is 6.11. The van der Waals surface area contributed by atoms with Gasteiger partial charge in [-0.1, -0.05) is 12.1 Å². The van der Waals surface area contributed by atoms with Gasteiger partial charge in [0.1, 0.15) is 0 Å². The maximum absolute atomic E-state index is 5.31. The van der Waals surface area contributed by atoms with E-state index >= 15 is 0 Å². The van der Waals surface area contributed by atoms with E-state index < -0.39 is 0 Å². The Morgan fingerprint density at radius 2 is 2.24 bits per heavy atom. The molecule has 2 rings (SSSR count). The molecule has 0 radical (unpaired) electrons. The predicted molar refractivity (Wildman–Crippen MR) is 73.6 cm³/mol. The minimum atomic E-state index is 0.370. The fourth-order valence-electron chi connectivity index (χ4n) is 1.75. The van der Waals surface area contributed by atoms with Crippen molar-refractivity contribution in [3.05, 3.63) is 11.7 Å². The molecule has 2 heterocycles. The van der Waals surface area contributed by atoms with Crippen molar-refractivity contribution in [1.29, 1.82) is 0 Å². The summed E-state index contributed by atoms with van der Waals surface area (Å²) in [7, 11) is 1.94. The molecule has 1 aromatic heterocycles. The standard InChI is InChI=1S/C11H19N3OS2/c1-7(12-3)6-9-13-11(14-15-9)10-8(2)16-4-5-17-10/h7-8,10,12H,4-6H2,1-3H3. The Morgan fingerprint density at radius 1 is 1.47 bits per heavy atom. The van der Waals surface area contributed by atoms with Crippen molar-refractivity contribution in [1.82, 2.24) is 15.5 Å². The molecule has 0 amide bonds. The van der Waals surface area contributed by atoms with Gasteiger partial charge < -0.3 is 9.84 Å². The van der Waals surface area contributed by atoms with Crippen LogP contribution in [0.15, 0.2) is 4.52 Å². The highest BCUT2D eigenvalue weighted by molar-refractivity contribution is 8.06. The lowest BCUT2D eigenvalue weighted by atomic mass is 10.2. The van der Waals surface area contributed by atoms with Gasteiger partial charge in [-0.05, 0) is 14.0 Å². The molecule has 0 spiro atoms. The van der Waals surface area contributed by atoms with Gasteiger partial charge in [0.15, 0.2) is 5.82 Å². The van der Waals surface area contributed by atoms with Crippen molar-refractivity contribution in [3.63, 3.8) is 0 Å². The van der Waals surface area contributed by atoms with Gasteiger partial charge >= 0.3 is 0 Å². The lowest BCUT2D eigenvalue weighted by Gasteiger charge is -2.24. The number of nitrogens with one attached hydrogen (secondary N) is 1. The number of nitrogens with zero attached hydrogens (tertiary/aromatic N) is 2. The molecule has 1 aliphatic rings. The summed E-state index contributed by atoms with van der Waals surface area (Å²) in [6.07, 6.45) is 0.794. The molecule has 96 valence electrons. The molecule has 4 nitrogen and oxygen atoms in total. The van der Waals surface area contributed by atoms with Crippen LogP contribution < -0.4 is 5.32 Å². The Bertz CT molecular complexity index is 358. The third kappa shape index (κ3) is 3.39. The number of hydrogen-bond donors (Lipinski definition) is 1. The third-order valence-electron chi connectivity index (χ3n) is 2.90. The van der Waals surface area contributed by atoms with Crippen LogP contribution in [0.2, 0.25) is 0 Å². The normalized spacial score (nSPS) is 27.0. The summed E-state index contributed by atoms with van der Waals surface area (Å²) < 4.78 is 5.31. The molecule has 0 bridgehead atoms. The summed E-state index contributed by atoms with van der Waals surface area (Å²) in [6, 6.07) is 0.370. The molecule has 17 heavy (non-hydrogen) atoms. The summed E-state index contributed by atoms with van der Waals surface area (Å²) in [6.45, 7) is 4.35. The average Bonchev–Trinajstić information content (AvgIpc) is 2.78. The van der Waals surface area contributed by atoms with E-state index in [1.54, 1.807) is 0 Å². The topological polar surface area (TPSA) is 51.0 Å². The van der Waals surface area contributed by atoms with Gasteiger partial charge in [0.25, 0.3) is 0 Å². The molecular formula is C11H19N3OS2. The minimum Gasteiger partial charge on any atom is -0.339 e. The SMILES string of the molecule is CNC(C)Cc1nc(C2SCCSC2C)no1. The van der Waals surface area contributed by atoms with Crippen molar-refractivity contribution in [3.8, 4) is 0 Å². The van der Waals surface area contributed by atoms with Crippen LogP contribution in [-0.4, -0.2) is 40.0 Å². The highest BCUT2D eigenvalue weighted by Crippen LogP contribution is 2.41. The quantitative estimate of drug-likeness (QED) is 0.907. The van der Waals surface area contributed by atoms with Gasteiger partial charge in [0.2, 0.25) is 5.89 Å². The summed E-state index contributed by atoms with van der Waals surface area (Å²) in [5, 5.41) is 8.26. The highest BCUT2D eigenvalue weighted by Gasteiger charge is 2.28. The maximum Gasteiger partial charge on any atom is 0.228 e. The van der Waals surface area contributed by atoms with E-state index in [0.717, 1.165) is 18.1 Å². The fourth-order valence-corrected chi connectivity index (χ4v) is 4.43. The molecule has 0 aromatic carbocycles. The lowest BCUT2D eigenvalue weighted by Crippen LogP contribution is -2.23. The Labute approximate surface area is 111 Å². The van der Waals surface area contributed by atoms with E-state index in [2.05, 4.69) is 29.3 Å². The Morgan fingerprint density at radius 3 is 2.94 bits per heavy atom. The van der Waals surface area contributed by atoms with Crippen LogP contribution in [0.1, 0.15) is 30.8 Å². The van der Waals surface area contributed by atoms with E-state index in [1.807, 2.05) is 30.6 Å². The largest absolute Gasteiger partial charge is 0.339 e. The molecule has 1 aromatic rings. The Hall–Kier alpha value is -0.200. The first-order valence-electron chi connectivity index (χ1n) is 5.93. The zero-order chi connectivity index (χ0) is 12.3. The molecular weight excluding hydrogens is 254 g/mol. The van der Waals surface area contributed by atoms with Gasteiger partial charge in [-0.15, -0.1) is 11.8 Å². The van der Waals surface area contributed by atoms with Crippen LogP contribution in [-0.2, 0) is 6.42 Å². The first kappa shape index (κ1) is 13.2. The molecule has 3 unspecified atom stereocenters. The molecule has 0 aliphatic carbocycles. The average molecular weight is 273 g/mol. The number of rotatable bonds is 4. The number of thioether (sulfide) groups is 2. The molecule has 1 fully saturated rings. The minimum absolute atomic E-state index is 0.370. The molecule has 6 heteroatoms. The van der Waals surface area contributed by atoms with Crippen molar-refractivity contribution in [2.24, 2.45) is 0 Å². The van der Waals surface area contributed by atoms with Crippen molar-refractivity contribution < 1.29 is 4.52 Å². The van der Waals surface area contributed by atoms with E-state index in [0.29, 0.717) is 16.5 Å². The molecule has 1 saturated heterocycles. The monoisotopic (exact) mass is 273 g/mol.